The number of aliphatic hydroxyl groups is 1. The molecule has 5 heteroatoms. The maximum Gasteiger partial charge on any atom is 0.222 e. The Hall–Kier alpha value is -2.37. The fourth-order valence-electron chi connectivity index (χ4n) is 3.12. The van der Waals surface area contributed by atoms with Crippen LogP contribution in [-0.4, -0.2) is 29.7 Å². The highest BCUT2D eigenvalue weighted by molar-refractivity contribution is 5.78. The van der Waals surface area contributed by atoms with Gasteiger partial charge in [-0.1, -0.05) is 62.7 Å². The van der Waals surface area contributed by atoms with E-state index in [2.05, 4.69) is 12.2 Å². The largest absolute Gasteiger partial charge is 0.489 e. The Balaban J connectivity index is 1.82. The lowest BCUT2D eigenvalue weighted by Crippen LogP contribution is -2.40. The number of unbranched alkanes of at least 4 members (excludes halogenated alkanes) is 1. The number of hydrogen-bond acceptors (Lipinski definition) is 4. The lowest BCUT2D eigenvalue weighted by Gasteiger charge is -2.22. The van der Waals surface area contributed by atoms with E-state index >= 15 is 0 Å². The molecule has 5 nitrogen and oxygen atoms in total. The number of amides is 1. The molecule has 0 aliphatic heterocycles. The number of hydrogen-bond donors (Lipinski definition) is 3. The SMILES string of the molecule is CCCCNC(=O)[C@H](C)C[C@H](O)[C@@H](N)Cc1cccc(OCc2ccccc2)c1. The van der Waals surface area contributed by atoms with Crippen molar-refractivity contribution in [2.75, 3.05) is 6.54 Å². The quantitative estimate of drug-likeness (QED) is 0.478. The zero-order valence-corrected chi connectivity index (χ0v) is 17.5. The van der Waals surface area contributed by atoms with Crippen molar-refractivity contribution in [3.63, 3.8) is 0 Å². The Labute approximate surface area is 174 Å². The van der Waals surface area contributed by atoms with Gasteiger partial charge >= 0.3 is 0 Å². The topological polar surface area (TPSA) is 84.6 Å². The number of rotatable bonds is 12. The minimum atomic E-state index is -0.740. The van der Waals surface area contributed by atoms with Crippen molar-refractivity contribution >= 4 is 5.91 Å². The van der Waals surface area contributed by atoms with Gasteiger partial charge in [-0.05, 0) is 42.5 Å². The number of nitrogens with two attached hydrogens (primary N) is 1. The van der Waals surface area contributed by atoms with Crippen LogP contribution in [0.15, 0.2) is 54.6 Å². The molecule has 158 valence electrons. The van der Waals surface area contributed by atoms with E-state index in [4.69, 9.17) is 10.5 Å². The molecule has 0 aliphatic rings. The van der Waals surface area contributed by atoms with E-state index < -0.39 is 12.1 Å². The summed E-state index contributed by atoms with van der Waals surface area (Å²) in [6, 6.07) is 17.3. The third kappa shape index (κ3) is 8.26. The third-order valence-corrected chi connectivity index (χ3v) is 4.98. The lowest BCUT2D eigenvalue weighted by atomic mass is 9.94. The van der Waals surface area contributed by atoms with Crippen LogP contribution in [0.3, 0.4) is 0 Å². The maximum atomic E-state index is 12.1. The molecule has 2 rings (SSSR count). The minimum absolute atomic E-state index is 0.0268. The molecular weight excluding hydrogens is 364 g/mol. The molecule has 3 atom stereocenters. The van der Waals surface area contributed by atoms with Crippen LogP contribution in [0.1, 0.15) is 44.2 Å². The number of benzene rings is 2. The number of carbonyl (C=O) groups excluding carboxylic acids is 1. The number of aliphatic hydroxyl groups excluding tert-OH is 1. The monoisotopic (exact) mass is 398 g/mol. The molecule has 29 heavy (non-hydrogen) atoms. The first-order valence-electron chi connectivity index (χ1n) is 10.5. The van der Waals surface area contributed by atoms with Crippen molar-refractivity contribution in [2.45, 2.75) is 58.3 Å². The summed E-state index contributed by atoms with van der Waals surface area (Å²) in [6.07, 6.45) is 2.13. The van der Waals surface area contributed by atoms with E-state index in [-0.39, 0.29) is 11.8 Å². The summed E-state index contributed by atoms with van der Waals surface area (Å²) in [5.74, 6) is 0.478. The Kier molecular flexibility index (Phi) is 9.68. The van der Waals surface area contributed by atoms with Gasteiger partial charge in [-0.25, -0.2) is 0 Å². The maximum absolute atomic E-state index is 12.1. The summed E-state index contributed by atoms with van der Waals surface area (Å²) in [4.78, 5) is 12.1. The molecule has 0 radical (unpaired) electrons. The summed E-state index contributed by atoms with van der Waals surface area (Å²) in [6.45, 7) is 5.09. The second-order valence-electron chi connectivity index (χ2n) is 7.64. The van der Waals surface area contributed by atoms with Crippen LogP contribution in [0.2, 0.25) is 0 Å². The van der Waals surface area contributed by atoms with Crippen molar-refractivity contribution in [3.05, 3.63) is 65.7 Å². The molecule has 0 aromatic heterocycles. The Morgan fingerprint density at radius 1 is 1.14 bits per heavy atom. The van der Waals surface area contributed by atoms with Crippen molar-refractivity contribution in [1.82, 2.24) is 5.32 Å². The fourth-order valence-corrected chi connectivity index (χ4v) is 3.12. The Morgan fingerprint density at radius 3 is 2.59 bits per heavy atom. The van der Waals surface area contributed by atoms with Crippen LogP contribution in [0, 0.1) is 5.92 Å². The van der Waals surface area contributed by atoms with Gasteiger partial charge in [0.2, 0.25) is 5.91 Å². The van der Waals surface area contributed by atoms with Crippen LogP contribution < -0.4 is 15.8 Å². The normalized spacial score (nSPS) is 14.1. The van der Waals surface area contributed by atoms with Gasteiger partial charge in [0.25, 0.3) is 0 Å². The molecule has 0 bridgehead atoms. The standard InChI is InChI=1S/C24H34N2O3/c1-3-4-13-26-24(28)18(2)14-23(27)22(25)16-20-11-8-12-21(15-20)29-17-19-9-6-5-7-10-19/h5-12,15,18,22-23,27H,3-4,13-14,16-17,25H2,1-2H3,(H,26,28)/t18-,22+,23+/m1/s1. The average Bonchev–Trinajstić information content (AvgIpc) is 2.73. The lowest BCUT2D eigenvalue weighted by molar-refractivity contribution is -0.125. The van der Waals surface area contributed by atoms with Crippen LogP contribution in [-0.2, 0) is 17.8 Å². The average molecular weight is 399 g/mol. The van der Waals surface area contributed by atoms with Crippen LogP contribution in [0.4, 0.5) is 0 Å². The predicted octanol–water partition coefficient (Wildman–Crippen LogP) is 3.44. The van der Waals surface area contributed by atoms with Gasteiger partial charge in [-0.3, -0.25) is 4.79 Å². The van der Waals surface area contributed by atoms with Crippen LogP contribution in [0.5, 0.6) is 5.75 Å². The van der Waals surface area contributed by atoms with Gasteiger partial charge in [0.05, 0.1) is 6.10 Å². The summed E-state index contributed by atoms with van der Waals surface area (Å²) in [5, 5.41) is 13.4. The van der Waals surface area contributed by atoms with Crippen molar-refractivity contribution < 1.29 is 14.6 Å². The van der Waals surface area contributed by atoms with E-state index in [9.17, 15) is 9.90 Å². The van der Waals surface area contributed by atoms with Crippen LogP contribution in [0.25, 0.3) is 0 Å². The molecule has 2 aromatic carbocycles. The minimum Gasteiger partial charge on any atom is -0.489 e. The zero-order valence-electron chi connectivity index (χ0n) is 17.5. The van der Waals surface area contributed by atoms with Crippen LogP contribution >= 0.6 is 0 Å². The molecule has 0 aliphatic carbocycles. The first-order chi connectivity index (χ1) is 14.0. The van der Waals surface area contributed by atoms with Crippen molar-refractivity contribution in [1.29, 1.82) is 0 Å². The second-order valence-corrected chi connectivity index (χ2v) is 7.64. The summed E-state index contributed by atoms with van der Waals surface area (Å²) >= 11 is 0. The molecule has 0 saturated carbocycles. The van der Waals surface area contributed by atoms with E-state index in [1.54, 1.807) is 0 Å². The molecule has 0 heterocycles. The molecule has 0 unspecified atom stereocenters. The van der Waals surface area contributed by atoms with Gasteiger partial charge in [0.15, 0.2) is 0 Å². The van der Waals surface area contributed by atoms with E-state index in [1.807, 2.05) is 61.5 Å². The summed E-state index contributed by atoms with van der Waals surface area (Å²) in [7, 11) is 0. The third-order valence-electron chi connectivity index (χ3n) is 4.98. The molecule has 0 spiro atoms. The molecule has 4 N–H and O–H groups in total. The van der Waals surface area contributed by atoms with Crippen molar-refractivity contribution in [2.24, 2.45) is 11.7 Å². The van der Waals surface area contributed by atoms with E-state index in [0.29, 0.717) is 26.0 Å². The van der Waals surface area contributed by atoms with Crippen molar-refractivity contribution in [3.8, 4) is 5.75 Å². The van der Waals surface area contributed by atoms with Gasteiger partial charge in [-0.15, -0.1) is 0 Å². The smallest absolute Gasteiger partial charge is 0.222 e. The number of ether oxygens (including phenoxy) is 1. The zero-order chi connectivity index (χ0) is 21.1. The Bertz CT molecular complexity index is 736. The highest BCUT2D eigenvalue weighted by atomic mass is 16.5. The first-order valence-corrected chi connectivity index (χ1v) is 10.5. The highest BCUT2D eigenvalue weighted by Crippen LogP contribution is 2.18. The molecule has 2 aromatic rings. The van der Waals surface area contributed by atoms with Gasteiger partial charge in [0.1, 0.15) is 12.4 Å². The van der Waals surface area contributed by atoms with Gasteiger partial charge in [-0.2, -0.15) is 0 Å². The molecule has 0 saturated heterocycles. The van der Waals surface area contributed by atoms with Gasteiger partial charge < -0.3 is 20.9 Å². The summed E-state index contributed by atoms with van der Waals surface area (Å²) < 4.78 is 5.86. The molecular formula is C24H34N2O3. The number of carbonyl (C=O) groups is 1. The Morgan fingerprint density at radius 2 is 1.86 bits per heavy atom. The second kappa shape index (κ2) is 12.2. The molecule has 1 amide bonds. The van der Waals surface area contributed by atoms with Gasteiger partial charge in [0, 0.05) is 18.5 Å². The first kappa shape index (κ1) is 22.9. The number of nitrogens with one attached hydrogen (secondary N) is 1. The summed E-state index contributed by atoms with van der Waals surface area (Å²) in [5.41, 5.74) is 8.32. The van der Waals surface area contributed by atoms with E-state index in [1.165, 1.54) is 0 Å². The predicted molar refractivity (Wildman–Crippen MR) is 117 cm³/mol. The highest BCUT2D eigenvalue weighted by Gasteiger charge is 2.22. The molecule has 0 fully saturated rings. The fraction of sp³-hybridized carbons (Fsp3) is 0.458. The van der Waals surface area contributed by atoms with E-state index in [0.717, 1.165) is 29.7 Å².